The van der Waals surface area contributed by atoms with Gasteiger partial charge in [-0.15, -0.1) is 28.3 Å². The molecule has 0 saturated heterocycles. The lowest BCUT2D eigenvalue weighted by atomic mass is 9.62. The molecule has 0 radical (unpaired) electrons. The third-order valence-electron chi connectivity index (χ3n) is 6.71. The number of hydrogen-bond acceptors (Lipinski definition) is 2. The van der Waals surface area contributed by atoms with Crippen LogP contribution < -0.4 is 4.80 Å². The van der Waals surface area contributed by atoms with Gasteiger partial charge < -0.3 is 0 Å². The van der Waals surface area contributed by atoms with Gasteiger partial charge in [0.05, 0.1) is 26.9 Å². The van der Waals surface area contributed by atoms with E-state index in [1.54, 1.807) is 22.1 Å². The molecule has 206 valence electrons. The molecule has 1 heterocycles. The van der Waals surface area contributed by atoms with Gasteiger partial charge in [-0.1, -0.05) is 47.8 Å². The maximum Gasteiger partial charge on any atom is 0.416 e. The van der Waals surface area contributed by atoms with E-state index in [0.717, 1.165) is 47.6 Å². The first-order valence-corrected chi connectivity index (χ1v) is 13.1. The molecule has 1 aromatic heterocycles. The standard InChI is InChI=1S/C27H18Cl2F6N2S.BrH/c28-21-9-8-16(14-22(21)29)25(10-3-11-25)23-15-38-24(36-19-6-1-4-17(12-19)26(30,31)32)37(23)20-7-2-5-18(13-20)27(33,34)35;/h1-2,4-9,12-15H,3,10-11H2;1H. The molecule has 0 atom stereocenters. The van der Waals surface area contributed by atoms with Crippen LogP contribution in [0.5, 0.6) is 0 Å². The third-order valence-corrected chi connectivity index (χ3v) is 8.27. The van der Waals surface area contributed by atoms with Gasteiger partial charge in [0.25, 0.3) is 0 Å². The predicted octanol–water partition coefficient (Wildman–Crippen LogP) is 10.2. The van der Waals surface area contributed by atoms with Crippen LogP contribution in [0.3, 0.4) is 0 Å². The van der Waals surface area contributed by atoms with E-state index in [-0.39, 0.29) is 33.2 Å². The summed E-state index contributed by atoms with van der Waals surface area (Å²) >= 11 is 13.6. The molecule has 3 aromatic carbocycles. The largest absolute Gasteiger partial charge is 0.416 e. The van der Waals surface area contributed by atoms with Crippen LogP contribution in [0.15, 0.2) is 77.1 Å². The summed E-state index contributed by atoms with van der Waals surface area (Å²) in [5, 5.41) is 2.53. The van der Waals surface area contributed by atoms with E-state index in [1.165, 1.54) is 24.3 Å². The lowest BCUT2D eigenvalue weighted by molar-refractivity contribution is -0.138. The van der Waals surface area contributed by atoms with Crippen molar-refractivity contribution in [2.24, 2.45) is 4.99 Å². The number of thiazole rings is 1. The van der Waals surface area contributed by atoms with Gasteiger partial charge in [-0.25, -0.2) is 4.99 Å². The van der Waals surface area contributed by atoms with Gasteiger partial charge in [-0.3, -0.25) is 4.57 Å². The molecule has 0 amide bonds. The molecule has 0 unspecified atom stereocenters. The Hall–Kier alpha value is -2.27. The number of rotatable bonds is 4. The zero-order valence-electron chi connectivity index (χ0n) is 19.8. The minimum atomic E-state index is -4.58. The van der Waals surface area contributed by atoms with Crippen molar-refractivity contribution in [3.8, 4) is 5.69 Å². The molecule has 0 bridgehead atoms. The summed E-state index contributed by atoms with van der Waals surface area (Å²) in [5.74, 6) is 0. The fraction of sp³-hybridized carbons (Fsp3) is 0.222. The van der Waals surface area contributed by atoms with Crippen LogP contribution in [0.4, 0.5) is 32.0 Å². The summed E-state index contributed by atoms with van der Waals surface area (Å²) in [6.45, 7) is 0. The Balaban J connectivity index is 0.00000353. The molecule has 1 aliphatic carbocycles. The summed E-state index contributed by atoms with van der Waals surface area (Å²) in [6, 6.07) is 14.6. The second kappa shape index (κ2) is 11.0. The van der Waals surface area contributed by atoms with E-state index < -0.39 is 28.9 Å². The normalized spacial score (nSPS) is 15.5. The monoisotopic (exact) mass is 666 g/mol. The second-order valence-electron chi connectivity index (χ2n) is 9.01. The first-order valence-electron chi connectivity index (χ1n) is 11.4. The highest BCUT2D eigenvalue weighted by molar-refractivity contribution is 8.93. The number of nitrogens with zero attached hydrogens (tertiary/aromatic N) is 2. The van der Waals surface area contributed by atoms with Crippen molar-refractivity contribution < 1.29 is 26.3 Å². The van der Waals surface area contributed by atoms with Crippen LogP contribution in [0.2, 0.25) is 10.0 Å². The zero-order chi connectivity index (χ0) is 27.3. The van der Waals surface area contributed by atoms with Gasteiger partial charge in [-0.05, 0) is 66.9 Å². The molecule has 4 aromatic rings. The van der Waals surface area contributed by atoms with E-state index in [2.05, 4.69) is 4.99 Å². The van der Waals surface area contributed by atoms with Crippen LogP contribution in [-0.4, -0.2) is 4.57 Å². The highest BCUT2D eigenvalue weighted by Gasteiger charge is 2.43. The molecule has 0 spiro atoms. The average Bonchev–Trinajstić information content (AvgIpc) is 3.23. The van der Waals surface area contributed by atoms with Crippen molar-refractivity contribution in [1.29, 1.82) is 0 Å². The summed E-state index contributed by atoms with van der Waals surface area (Å²) < 4.78 is 82.3. The molecule has 1 saturated carbocycles. The number of aromatic nitrogens is 1. The van der Waals surface area contributed by atoms with Gasteiger partial charge in [0.1, 0.15) is 0 Å². The molecular formula is C27H19BrCl2F6N2S. The van der Waals surface area contributed by atoms with E-state index in [9.17, 15) is 26.3 Å². The number of hydrogen-bond donors (Lipinski definition) is 0. The van der Waals surface area contributed by atoms with Gasteiger partial charge in [0.15, 0.2) is 4.80 Å². The summed E-state index contributed by atoms with van der Waals surface area (Å²) in [5.41, 5.74) is -0.534. The van der Waals surface area contributed by atoms with Crippen LogP contribution in [-0.2, 0) is 17.8 Å². The van der Waals surface area contributed by atoms with Gasteiger partial charge >= 0.3 is 12.4 Å². The van der Waals surface area contributed by atoms with Crippen molar-refractivity contribution in [3.63, 3.8) is 0 Å². The minimum absolute atomic E-state index is 0. The number of alkyl halides is 6. The van der Waals surface area contributed by atoms with E-state index in [0.29, 0.717) is 28.6 Å². The molecule has 1 fully saturated rings. The first kappa shape index (κ1) is 29.7. The third kappa shape index (κ3) is 5.80. The molecular weight excluding hydrogens is 649 g/mol. The molecule has 5 rings (SSSR count). The van der Waals surface area contributed by atoms with Crippen molar-refractivity contribution >= 4 is 57.2 Å². The highest BCUT2D eigenvalue weighted by Crippen LogP contribution is 2.50. The van der Waals surface area contributed by atoms with E-state index in [1.807, 2.05) is 6.07 Å². The van der Waals surface area contributed by atoms with Crippen LogP contribution in [0.25, 0.3) is 5.69 Å². The van der Waals surface area contributed by atoms with Crippen LogP contribution >= 0.6 is 51.5 Å². The maximum absolute atomic E-state index is 13.6. The topological polar surface area (TPSA) is 17.3 Å². The summed E-state index contributed by atoms with van der Waals surface area (Å²) in [7, 11) is 0. The van der Waals surface area contributed by atoms with Crippen molar-refractivity contribution in [3.05, 3.63) is 109 Å². The lowest BCUT2D eigenvalue weighted by Crippen LogP contribution is -2.38. The Bertz CT molecular complexity index is 1570. The van der Waals surface area contributed by atoms with Gasteiger partial charge in [-0.2, -0.15) is 26.3 Å². The molecule has 2 nitrogen and oxygen atoms in total. The fourth-order valence-electron chi connectivity index (χ4n) is 4.67. The molecule has 0 aliphatic heterocycles. The summed E-state index contributed by atoms with van der Waals surface area (Å²) in [4.78, 5) is 4.70. The zero-order valence-corrected chi connectivity index (χ0v) is 23.8. The highest BCUT2D eigenvalue weighted by atomic mass is 79.9. The maximum atomic E-state index is 13.6. The smallest absolute Gasteiger partial charge is 0.289 e. The Morgan fingerprint density at radius 3 is 2.03 bits per heavy atom. The number of benzene rings is 3. The number of halogens is 9. The average molecular weight is 668 g/mol. The van der Waals surface area contributed by atoms with Crippen molar-refractivity contribution in [1.82, 2.24) is 4.57 Å². The van der Waals surface area contributed by atoms with E-state index in [4.69, 9.17) is 23.2 Å². The van der Waals surface area contributed by atoms with Crippen molar-refractivity contribution in [2.75, 3.05) is 0 Å². The molecule has 39 heavy (non-hydrogen) atoms. The van der Waals surface area contributed by atoms with Gasteiger partial charge in [0, 0.05) is 22.2 Å². The predicted molar refractivity (Wildman–Crippen MR) is 147 cm³/mol. The summed E-state index contributed by atoms with van der Waals surface area (Å²) in [6.07, 6.45) is -6.87. The second-order valence-corrected chi connectivity index (χ2v) is 10.7. The Kier molecular flexibility index (Phi) is 8.34. The Morgan fingerprint density at radius 2 is 1.44 bits per heavy atom. The molecule has 0 N–H and O–H groups in total. The van der Waals surface area contributed by atoms with Crippen LogP contribution in [0.1, 0.15) is 41.6 Å². The lowest BCUT2D eigenvalue weighted by Gasteiger charge is -2.43. The van der Waals surface area contributed by atoms with E-state index >= 15 is 0 Å². The molecule has 1 aliphatic rings. The van der Waals surface area contributed by atoms with Crippen LogP contribution in [0, 0.1) is 0 Å². The van der Waals surface area contributed by atoms with Crippen molar-refractivity contribution in [2.45, 2.75) is 37.0 Å². The Labute approximate surface area is 244 Å². The quantitative estimate of drug-likeness (QED) is 0.193. The fourth-order valence-corrected chi connectivity index (χ4v) is 5.98. The minimum Gasteiger partial charge on any atom is -0.289 e. The molecule has 12 heteroatoms. The SMILES string of the molecule is Br.FC(F)(F)c1cccc(N=c2scc(C3(c4ccc(Cl)c(Cl)c4)CCC3)n2-c2cccc(C(F)(F)F)c2)c1. The Morgan fingerprint density at radius 1 is 0.795 bits per heavy atom. The van der Waals surface area contributed by atoms with Gasteiger partial charge in [0.2, 0.25) is 0 Å². The first-order chi connectivity index (χ1) is 17.9.